The highest BCUT2D eigenvalue weighted by molar-refractivity contribution is 6.13. The number of carbonyl (C=O) groups excluding carboxylic acids is 14. The van der Waals surface area contributed by atoms with Crippen LogP contribution in [0.1, 0.15) is 168 Å². The van der Waals surface area contributed by atoms with E-state index in [1.807, 2.05) is 122 Å². The Balaban J connectivity index is 0.000000898. The third kappa shape index (κ3) is 28.6. The number of primary amides is 1. The molecule has 0 bridgehead atoms. The zero-order valence-electron chi connectivity index (χ0n) is 69.2. The summed E-state index contributed by atoms with van der Waals surface area (Å²) >= 11 is 0. The Bertz CT molecular complexity index is 3730. The molecule has 3 heterocycles. The highest BCUT2D eigenvalue weighted by atomic mass is 16.7. The predicted octanol–water partition coefficient (Wildman–Crippen LogP) is 7.12. The van der Waals surface area contributed by atoms with Gasteiger partial charge in [0.15, 0.2) is 11.6 Å². The molecule has 3 aliphatic rings. The topological polar surface area (TPSA) is 393 Å². The molecule has 3 aromatic rings. The van der Waals surface area contributed by atoms with E-state index in [-0.39, 0.29) is 123 Å². The summed E-state index contributed by atoms with van der Waals surface area (Å²) in [5.41, 5.74) is 15.1. The van der Waals surface area contributed by atoms with Gasteiger partial charge in [-0.3, -0.25) is 62.6 Å². The Morgan fingerprint density at radius 1 is 0.667 bits per heavy atom. The number of nitrogens with zero attached hydrogens (tertiary/aromatic N) is 6. The molecular weight excluding hydrogens is 1470 g/mol. The van der Waals surface area contributed by atoms with E-state index in [0.29, 0.717) is 92.9 Å². The number of hydrogen-bond donors (Lipinski definition) is 5. The molecule has 114 heavy (non-hydrogen) atoms. The van der Waals surface area contributed by atoms with E-state index in [0.717, 1.165) is 16.0 Å². The molecular formula is C84H123N11O19. The first-order valence-corrected chi connectivity index (χ1v) is 39.6. The zero-order valence-corrected chi connectivity index (χ0v) is 69.2. The number of likely N-dealkylation sites (tertiary alicyclic amines) is 1. The van der Waals surface area contributed by atoms with E-state index < -0.39 is 108 Å². The Labute approximate surface area is 671 Å². The molecule has 0 radical (unpaired) electrons. The third-order valence-corrected chi connectivity index (χ3v) is 21.5. The molecule has 0 spiro atoms. The van der Waals surface area contributed by atoms with Crippen LogP contribution in [0.25, 0.3) is 0 Å². The number of ether oxygens (including phenoxy) is 4. The van der Waals surface area contributed by atoms with Gasteiger partial charge in [-0.25, -0.2) is 19.2 Å². The molecule has 6 rings (SSSR count). The van der Waals surface area contributed by atoms with Gasteiger partial charge in [-0.05, 0) is 110 Å². The van der Waals surface area contributed by atoms with Crippen molar-refractivity contribution in [2.45, 2.75) is 220 Å². The molecule has 3 aliphatic heterocycles. The molecule has 11 amide bonds. The number of hydroxylamine groups is 2. The van der Waals surface area contributed by atoms with Crippen LogP contribution >= 0.6 is 0 Å². The van der Waals surface area contributed by atoms with E-state index in [9.17, 15) is 67.1 Å². The lowest BCUT2D eigenvalue weighted by molar-refractivity contribution is -0.197. The van der Waals surface area contributed by atoms with Gasteiger partial charge in [0, 0.05) is 117 Å². The van der Waals surface area contributed by atoms with E-state index in [4.69, 9.17) is 35.3 Å². The van der Waals surface area contributed by atoms with Crippen molar-refractivity contribution in [1.29, 1.82) is 0 Å². The van der Waals surface area contributed by atoms with Gasteiger partial charge < -0.3 is 61.0 Å². The number of likely N-dealkylation sites (N-methyl/N-ethyl adjacent to an activating group) is 2. The zero-order chi connectivity index (χ0) is 84.6. The molecule has 0 unspecified atom stereocenters. The number of anilines is 1. The number of urea groups is 1. The fourth-order valence-corrected chi connectivity index (χ4v) is 14.5. The minimum Gasteiger partial charge on any atom is -0.467 e. The van der Waals surface area contributed by atoms with Crippen LogP contribution in [0.5, 0.6) is 0 Å². The maximum atomic E-state index is 14.9. The number of methoxy groups -OCH3 is 3. The van der Waals surface area contributed by atoms with Crippen LogP contribution in [0.2, 0.25) is 0 Å². The number of carbonyl (C=O) groups is 14. The van der Waals surface area contributed by atoms with Gasteiger partial charge in [0.1, 0.15) is 12.6 Å². The van der Waals surface area contributed by atoms with Crippen molar-refractivity contribution in [2.75, 3.05) is 73.6 Å². The first-order chi connectivity index (χ1) is 54.1. The number of unbranched alkanes of at least 4 members (excludes halogenated alkanes) is 2. The van der Waals surface area contributed by atoms with Crippen molar-refractivity contribution >= 4 is 88.6 Å². The number of nitrogens with two attached hydrogens (primary N) is 2. The highest BCUT2D eigenvalue weighted by Crippen LogP contribution is 2.32. The molecule has 0 saturated carbocycles. The Hall–Kier alpha value is -9.78. The summed E-state index contributed by atoms with van der Waals surface area (Å²) < 4.78 is 22.8. The second kappa shape index (κ2) is 47.2. The third-order valence-electron chi connectivity index (χ3n) is 21.5. The molecule has 2 saturated heterocycles. The van der Waals surface area contributed by atoms with E-state index in [1.165, 1.54) is 31.3 Å². The molecule has 7 N–H and O–H groups in total. The minimum atomic E-state index is -0.927. The average Bonchev–Trinajstić information content (AvgIpc) is 1.73. The number of amides is 11. The van der Waals surface area contributed by atoms with Crippen LogP contribution in [0.4, 0.5) is 15.3 Å². The van der Waals surface area contributed by atoms with Gasteiger partial charge in [-0.1, -0.05) is 142 Å². The van der Waals surface area contributed by atoms with Crippen molar-refractivity contribution in [3.05, 3.63) is 113 Å². The highest BCUT2D eigenvalue weighted by Gasteiger charge is 2.44. The number of esters is 1. The van der Waals surface area contributed by atoms with Gasteiger partial charge in [-0.2, -0.15) is 0 Å². The Morgan fingerprint density at radius 3 is 1.85 bits per heavy atom. The summed E-state index contributed by atoms with van der Waals surface area (Å²) in [6.45, 7) is 18.9. The Morgan fingerprint density at radius 2 is 1.28 bits per heavy atom. The Kier molecular flexibility index (Phi) is 39.2. The van der Waals surface area contributed by atoms with Crippen molar-refractivity contribution in [3.63, 3.8) is 0 Å². The maximum Gasteiger partial charge on any atom is 0.414 e. The summed E-state index contributed by atoms with van der Waals surface area (Å²) in [6.07, 6.45) is 5.90. The van der Waals surface area contributed by atoms with Crippen molar-refractivity contribution in [3.8, 4) is 0 Å². The number of Topliss-reactive ketones (excluding diaryl/α,β-unsaturated/α-hetero) is 2. The largest absolute Gasteiger partial charge is 0.467 e. The van der Waals surface area contributed by atoms with E-state index in [2.05, 4.69) is 16.0 Å². The average molecular weight is 1590 g/mol. The van der Waals surface area contributed by atoms with Crippen molar-refractivity contribution in [1.82, 2.24) is 40.6 Å². The van der Waals surface area contributed by atoms with Crippen molar-refractivity contribution in [2.24, 2.45) is 47.0 Å². The van der Waals surface area contributed by atoms with Gasteiger partial charge in [0.2, 0.25) is 23.6 Å². The summed E-state index contributed by atoms with van der Waals surface area (Å²) in [5, 5.41) is 8.67. The summed E-state index contributed by atoms with van der Waals surface area (Å²) in [7, 11) is 9.64. The maximum absolute atomic E-state index is 14.9. The summed E-state index contributed by atoms with van der Waals surface area (Å²) in [4.78, 5) is 191. The molecule has 30 nitrogen and oxygen atoms in total. The minimum absolute atomic E-state index is 0.0176. The monoisotopic (exact) mass is 1590 g/mol. The molecule has 2 fully saturated rings. The van der Waals surface area contributed by atoms with Crippen LogP contribution in [0, 0.1) is 35.5 Å². The van der Waals surface area contributed by atoms with Crippen LogP contribution in [0.3, 0.4) is 0 Å². The first kappa shape index (κ1) is 94.8. The van der Waals surface area contributed by atoms with Gasteiger partial charge in [-0.15, -0.1) is 5.06 Å². The summed E-state index contributed by atoms with van der Waals surface area (Å²) in [5.74, 6) is -6.23. The van der Waals surface area contributed by atoms with Crippen LogP contribution in [0.15, 0.2) is 91.0 Å². The second-order valence-electron chi connectivity index (χ2n) is 30.8. The van der Waals surface area contributed by atoms with Gasteiger partial charge >= 0.3 is 24.1 Å². The van der Waals surface area contributed by atoms with Gasteiger partial charge in [0.05, 0.1) is 61.9 Å². The number of rotatable bonds is 45. The standard InChI is InChI=1S/C70H107N9O13.C14H16N2O6/c1-16-46(8)63(59(89-13)41-60(82)79-36-21-25-56(79)64(90-14)47(9)65(83)75-55(68(86)91-15)38-49-22-18-17-19-23-49)78(12)67(85)53(43(2)3)40-58(81)62(45(6)7)76(10)37-34-48-30-32-52(33-31-48)77(11)70(88)92-42-51-28-26-50(27-29-51)39-57(80)54(24-20-35-73-69(72)87)74-66(84)61(71)44(4)5;17-10-5-6-11(18)15(10)9-3-1-2-4-14(21)22-16-12(19)7-8-13(16)20/h17-19,22-23,26-33,43-47,53-56,59,61-64H,16,20-21,24-25,34-42,71H2,1-15H3,(H,74,84)(H,75,83)(H3,72,73,87);5-6H,1-4,7-9H2/t46-,47+,53-,54-,55-,56-,59+,61-,62-,63-,64+;/m0./s1. The molecule has 3 aromatic carbocycles. The smallest absolute Gasteiger partial charge is 0.414 e. The molecule has 30 heteroatoms. The molecule has 628 valence electrons. The molecule has 11 atom stereocenters. The number of hydrogen-bond acceptors (Lipinski definition) is 21. The summed E-state index contributed by atoms with van der Waals surface area (Å²) in [6, 6.07) is 19.3. The van der Waals surface area contributed by atoms with E-state index >= 15 is 0 Å². The van der Waals surface area contributed by atoms with Crippen LogP contribution in [-0.4, -0.2) is 225 Å². The number of benzene rings is 3. The molecule has 0 aliphatic carbocycles. The number of imide groups is 2. The van der Waals surface area contributed by atoms with E-state index in [1.54, 1.807) is 62.2 Å². The fraction of sp³-hybridized carbons (Fsp3) is 0.595. The van der Waals surface area contributed by atoms with Crippen molar-refractivity contribution < 1.29 is 90.9 Å². The lowest BCUT2D eigenvalue weighted by Crippen LogP contribution is -2.55. The lowest BCUT2D eigenvalue weighted by Gasteiger charge is -2.41. The quantitative estimate of drug-likeness (QED) is 0.0213. The lowest BCUT2D eigenvalue weighted by atomic mass is 9.83. The van der Waals surface area contributed by atoms with Gasteiger partial charge in [0.25, 0.3) is 23.6 Å². The SMILES string of the molecule is CC[C@H](C)[C@@H]([C@@H](CC(=O)N1CCC[C@H]1[C@H](OC)[C@@H](C)C(=O)N[C@@H](Cc1ccccc1)C(=O)OC)OC)N(C)C(=O)[C@@H](CC(=O)[C@H](C(C)C)N(C)CCc1ccc(N(C)C(=O)OCc2ccc(CC(=O)[C@H](CCCNC(N)=O)NC(=O)[C@@H](N)C(C)C)cc2)cc1)C(C)C.O=C(CCCCCN1C(=O)C=CC1=O)ON1C(=O)CCC1=O. The predicted molar refractivity (Wildman–Crippen MR) is 426 cm³/mol. The fourth-order valence-electron chi connectivity index (χ4n) is 14.5. The van der Waals surface area contributed by atoms with Crippen LogP contribution < -0.4 is 32.3 Å². The normalized spacial score (nSPS) is 16.8. The molecule has 0 aromatic heterocycles. The second-order valence-corrected chi connectivity index (χ2v) is 30.8. The number of nitrogens with one attached hydrogen (secondary N) is 3. The van der Waals surface area contributed by atoms with Crippen LogP contribution in [-0.2, 0) is 107 Å². The first-order valence-electron chi connectivity index (χ1n) is 39.6. The number of ketones is 2.